The average Bonchev–Trinajstić information content (AvgIpc) is 3.07. The highest BCUT2D eigenvalue weighted by atomic mass is 35.5. The molecule has 1 atom stereocenters. The molecule has 0 saturated carbocycles. The van der Waals surface area contributed by atoms with Crippen molar-refractivity contribution in [1.29, 1.82) is 0 Å². The van der Waals surface area contributed by atoms with Crippen LogP contribution in [0.3, 0.4) is 0 Å². The van der Waals surface area contributed by atoms with Crippen molar-refractivity contribution in [1.82, 2.24) is 5.32 Å². The largest absolute Gasteiger partial charge is 0.322 e. The second kappa shape index (κ2) is 15.4. The van der Waals surface area contributed by atoms with Crippen molar-refractivity contribution >= 4 is 70.1 Å². The molecule has 230 valence electrons. The Hall–Kier alpha value is -4.89. The number of carbonyl (C=O) groups is 3. The van der Waals surface area contributed by atoms with E-state index in [1.165, 1.54) is 30.0 Å². The summed E-state index contributed by atoms with van der Waals surface area (Å²) in [4.78, 5) is 40.5. The number of benzene rings is 5. The van der Waals surface area contributed by atoms with Crippen LogP contribution in [0.5, 0.6) is 0 Å². The van der Waals surface area contributed by atoms with Gasteiger partial charge in [-0.2, -0.15) is 0 Å². The number of nitrogens with one attached hydrogen (secondary N) is 3. The first kappa shape index (κ1) is 32.5. The Morgan fingerprint density at radius 2 is 1.37 bits per heavy atom. The van der Waals surface area contributed by atoms with E-state index < -0.39 is 22.9 Å². The van der Waals surface area contributed by atoms with Gasteiger partial charge in [-0.1, -0.05) is 96.0 Å². The molecule has 1 unspecified atom stereocenters. The molecule has 3 N–H and O–H groups in total. The first-order valence-electron chi connectivity index (χ1n) is 14.0. The Bertz CT molecular complexity index is 1890. The lowest BCUT2D eigenvalue weighted by Crippen LogP contribution is -2.30. The molecule has 3 amide bonds. The molecule has 5 rings (SSSR count). The first-order chi connectivity index (χ1) is 22.3. The Morgan fingerprint density at radius 1 is 0.717 bits per heavy atom. The van der Waals surface area contributed by atoms with Crippen molar-refractivity contribution in [2.75, 3.05) is 10.6 Å². The van der Waals surface area contributed by atoms with Crippen LogP contribution in [0.25, 0.3) is 6.08 Å². The minimum Gasteiger partial charge on any atom is -0.322 e. The van der Waals surface area contributed by atoms with Crippen molar-refractivity contribution < 1.29 is 18.8 Å². The summed E-state index contributed by atoms with van der Waals surface area (Å²) in [5.41, 5.74) is 2.03. The van der Waals surface area contributed by atoms with Gasteiger partial charge in [-0.05, 0) is 71.8 Å². The molecule has 0 aliphatic rings. The number of hydrogen-bond donors (Lipinski definition) is 3. The molecule has 0 aliphatic heterocycles. The maximum Gasteiger partial charge on any atom is 0.272 e. The van der Waals surface area contributed by atoms with E-state index in [1.54, 1.807) is 84.9 Å². The van der Waals surface area contributed by atoms with Crippen molar-refractivity contribution in [3.8, 4) is 0 Å². The number of para-hydroxylation sites is 1. The fraction of sp³-hybridized carbons (Fsp3) is 0.0278. The monoisotopic (exact) mass is 669 g/mol. The summed E-state index contributed by atoms with van der Waals surface area (Å²) in [6.45, 7) is 0. The van der Waals surface area contributed by atoms with Gasteiger partial charge in [-0.15, -0.1) is 11.8 Å². The Labute approximate surface area is 279 Å². The summed E-state index contributed by atoms with van der Waals surface area (Å²) in [6.07, 6.45) is 1.45. The minimum atomic E-state index is -0.688. The lowest BCUT2D eigenvalue weighted by atomic mass is 10.1. The zero-order valence-corrected chi connectivity index (χ0v) is 26.4. The average molecular weight is 671 g/mol. The van der Waals surface area contributed by atoms with E-state index in [4.69, 9.17) is 23.2 Å². The van der Waals surface area contributed by atoms with Crippen LogP contribution < -0.4 is 16.0 Å². The molecule has 6 nitrogen and oxygen atoms in total. The number of halogens is 3. The molecular weight excluding hydrogens is 644 g/mol. The SMILES string of the molecule is O=C(Nc1ccc(SC(C(=O)Nc2ccccc2F)c2ccccc2)cc1)/C(=C/c1cccc(Cl)c1Cl)NC(=O)c1ccccc1. The molecule has 0 saturated heterocycles. The maximum atomic E-state index is 14.3. The van der Waals surface area contributed by atoms with Gasteiger partial charge in [0, 0.05) is 16.1 Å². The lowest BCUT2D eigenvalue weighted by Gasteiger charge is -2.18. The first-order valence-corrected chi connectivity index (χ1v) is 15.6. The number of hydrogen-bond acceptors (Lipinski definition) is 4. The highest BCUT2D eigenvalue weighted by Gasteiger charge is 2.23. The van der Waals surface area contributed by atoms with Crippen LogP contribution in [-0.4, -0.2) is 17.7 Å². The number of anilines is 2. The van der Waals surface area contributed by atoms with Crippen LogP contribution in [0.4, 0.5) is 15.8 Å². The van der Waals surface area contributed by atoms with E-state index in [1.807, 2.05) is 30.3 Å². The summed E-state index contributed by atoms with van der Waals surface area (Å²) >= 11 is 13.8. The molecule has 5 aromatic carbocycles. The zero-order chi connectivity index (χ0) is 32.5. The van der Waals surface area contributed by atoms with Crippen molar-refractivity contribution in [2.24, 2.45) is 0 Å². The molecule has 46 heavy (non-hydrogen) atoms. The molecule has 0 heterocycles. The third kappa shape index (κ3) is 8.43. The van der Waals surface area contributed by atoms with Crippen molar-refractivity contribution in [3.05, 3.63) is 166 Å². The zero-order valence-electron chi connectivity index (χ0n) is 24.0. The van der Waals surface area contributed by atoms with Crippen molar-refractivity contribution in [2.45, 2.75) is 10.1 Å². The molecule has 0 fully saturated rings. The van der Waals surface area contributed by atoms with E-state index in [-0.39, 0.29) is 22.3 Å². The summed E-state index contributed by atoms with van der Waals surface area (Å²) in [6, 6.07) is 35.5. The number of amides is 3. The molecule has 0 aliphatic carbocycles. The van der Waals surface area contributed by atoms with E-state index in [9.17, 15) is 18.8 Å². The van der Waals surface area contributed by atoms with Gasteiger partial charge in [0.2, 0.25) is 5.91 Å². The Balaban J connectivity index is 1.35. The van der Waals surface area contributed by atoms with Gasteiger partial charge in [0.25, 0.3) is 11.8 Å². The smallest absolute Gasteiger partial charge is 0.272 e. The summed E-state index contributed by atoms with van der Waals surface area (Å²) < 4.78 is 14.3. The van der Waals surface area contributed by atoms with E-state index in [0.29, 0.717) is 21.8 Å². The third-order valence-corrected chi connectivity index (χ3v) is 8.75. The van der Waals surface area contributed by atoms with Gasteiger partial charge in [0.1, 0.15) is 16.8 Å². The van der Waals surface area contributed by atoms with Crippen LogP contribution in [0.2, 0.25) is 10.0 Å². The van der Waals surface area contributed by atoms with Crippen LogP contribution in [0.1, 0.15) is 26.7 Å². The van der Waals surface area contributed by atoms with E-state index >= 15 is 0 Å². The quantitative estimate of drug-likeness (QED) is 0.102. The predicted octanol–water partition coefficient (Wildman–Crippen LogP) is 9.01. The second-order valence-electron chi connectivity index (χ2n) is 9.88. The normalized spacial score (nSPS) is 11.8. The van der Waals surface area contributed by atoms with E-state index in [2.05, 4.69) is 16.0 Å². The van der Waals surface area contributed by atoms with Crippen molar-refractivity contribution in [3.63, 3.8) is 0 Å². The van der Waals surface area contributed by atoms with Gasteiger partial charge >= 0.3 is 0 Å². The topological polar surface area (TPSA) is 87.3 Å². The van der Waals surface area contributed by atoms with Gasteiger partial charge in [0.15, 0.2) is 0 Å². The summed E-state index contributed by atoms with van der Waals surface area (Å²) in [7, 11) is 0. The van der Waals surface area contributed by atoms with Crippen LogP contribution >= 0.6 is 35.0 Å². The minimum absolute atomic E-state index is 0.0505. The summed E-state index contributed by atoms with van der Waals surface area (Å²) in [5.74, 6) is -1.99. The third-order valence-electron chi connectivity index (χ3n) is 6.65. The molecule has 0 aromatic heterocycles. The fourth-order valence-electron chi connectivity index (χ4n) is 4.34. The Kier molecular flexibility index (Phi) is 10.9. The highest BCUT2D eigenvalue weighted by Crippen LogP contribution is 2.37. The molecular formula is C36H26Cl2FN3O3S. The van der Waals surface area contributed by atoms with Crippen LogP contribution in [0.15, 0.2) is 138 Å². The number of carbonyl (C=O) groups excluding carboxylic acids is 3. The van der Waals surface area contributed by atoms with Gasteiger partial charge < -0.3 is 16.0 Å². The number of rotatable bonds is 10. The molecule has 10 heteroatoms. The van der Waals surface area contributed by atoms with E-state index in [0.717, 1.165) is 10.5 Å². The van der Waals surface area contributed by atoms with Crippen LogP contribution in [-0.2, 0) is 9.59 Å². The Morgan fingerprint density at radius 3 is 2.07 bits per heavy atom. The molecule has 0 bridgehead atoms. The molecule has 0 radical (unpaired) electrons. The fourth-order valence-corrected chi connectivity index (χ4v) is 5.73. The standard InChI is InChI=1S/C36H26Cl2FN3O3S/c37-28-15-9-14-25(32(28)38)22-31(42-34(43)24-12-5-2-6-13-24)35(44)40-26-18-20-27(21-19-26)46-33(23-10-3-1-4-11-23)36(45)41-30-17-8-7-16-29(30)39/h1-22,33H,(H,40,44)(H,41,45)(H,42,43)/b31-22-. The van der Waals surface area contributed by atoms with Gasteiger partial charge in [-0.25, -0.2) is 4.39 Å². The number of thioether (sulfide) groups is 1. The van der Waals surface area contributed by atoms with Gasteiger partial charge in [-0.3, -0.25) is 14.4 Å². The maximum absolute atomic E-state index is 14.3. The molecule has 0 spiro atoms. The molecule has 5 aromatic rings. The summed E-state index contributed by atoms with van der Waals surface area (Å²) in [5, 5.41) is 8.00. The highest BCUT2D eigenvalue weighted by molar-refractivity contribution is 8.00. The van der Waals surface area contributed by atoms with Gasteiger partial charge in [0.05, 0.1) is 15.7 Å². The lowest BCUT2D eigenvalue weighted by molar-refractivity contribution is -0.116. The second-order valence-corrected chi connectivity index (χ2v) is 11.8. The van der Waals surface area contributed by atoms with Crippen LogP contribution in [0, 0.1) is 5.82 Å². The predicted molar refractivity (Wildman–Crippen MR) is 183 cm³/mol.